The number of benzene rings is 4. The highest BCUT2D eigenvalue weighted by Crippen LogP contribution is 2.47. The summed E-state index contributed by atoms with van der Waals surface area (Å²) in [6.45, 7) is 27.7. The smallest absolute Gasteiger partial charge is 0.337 e. The number of carbonyl (C=O) groups excluding carboxylic acids is 2. The lowest BCUT2D eigenvalue weighted by Crippen LogP contribution is -2.30. The van der Waals surface area contributed by atoms with Gasteiger partial charge in [0.1, 0.15) is 11.6 Å². The summed E-state index contributed by atoms with van der Waals surface area (Å²) in [4.78, 5) is 34.4. The Morgan fingerprint density at radius 2 is 0.909 bits per heavy atom. The molecule has 2 heterocycles. The van der Waals surface area contributed by atoms with Gasteiger partial charge in [-0.3, -0.25) is 0 Å². The summed E-state index contributed by atoms with van der Waals surface area (Å²) in [5.41, 5.74) is 11.1. The van der Waals surface area contributed by atoms with Crippen LogP contribution in [0.5, 0.6) is 0 Å². The molecule has 2 aliphatic rings. The Morgan fingerprint density at radius 3 is 1.21 bits per heavy atom. The molecule has 0 aliphatic heterocycles. The fourth-order valence-electron chi connectivity index (χ4n) is 11.4. The van der Waals surface area contributed by atoms with E-state index in [0.717, 1.165) is 72.2 Å². The molecule has 66 heavy (non-hydrogen) atoms. The largest absolute Gasteiger partial charge is 0.465 e. The molecule has 8 heteroatoms. The van der Waals surface area contributed by atoms with Gasteiger partial charge < -0.3 is 18.6 Å². The van der Waals surface area contributed by atoms with E-state index in [1.807, 2.05) is 36.4 Å². The SMILES string of the molecule is COC(=O)c1ccc2c(c1)nc(Cc1ccc(C(C)(C)C)cc1)n2[C@@H]1C[C@H](C)CC(C)(C)C1.COC(=O)c1ccc2c(c1)nc(Cc1ccc(C(C)(C)C)cc1)n2[C@H]1C[C@@H](C)CC(C)(C)C1. The summed E-state index contributed by atoms with van der Waals surface area (Å²) in [5, 5.41) is 0. The third kappa shape index (κ3) is 11.1. The van der Waals surface area contributed by atoms with Crippen molar-refractivity contribution < 1.29 is 19.1 Å². The molecule has 2 aliphatic carbocycles. The normalized spacial score (nSPS) is 20.7. The highest BCUT2D eigenvalue weighted by Gasteiger charge is 2.36. The molecule has 8 rings (SSSR count). The molecular weight excluding hydrogens is 817 g/mol. The standard InChI is InChI=1S/2C29H38N2O2/c2*1-19-14-23(18-29(5,6)17-19)31-25-13-10-21(27(32)33-7)16-24(25)30-26(31)15-20-8-11-22(12-9-20)28(2,3)4/h2*8-13,16,19,23H,14-15,17-18H2,1-7H3/t2*19-,23+/m10/s1. The number of ether oxygens (including phenoxy) is 2. The molecule has 0 saturated heterocycles. The van der Waals surface area contributed by atoms with Gasteiger partial charge in [-0.25, -0.2) is 19.6 Å². The lowest BCUT2D eigenvalue weighted by atomic mass is 9.70. The Hall–Kier alpha value is -5.24. The number of hydrogen-bond donors (Lipinski definition) is 0. The van der Waals surface area contributed by atoms with Gasteiger partial charge in [-0.15, -0.1) is 0 Å². The summed E-state index contributed by atoms with van der Waals surface area (Å²) in [7, 11) is 2.84. The summed E-state index contributed by atoms with van der Waals surface area (Å²) < 4.78 is 14.8. The molecule has 2 fully saturated rings. The Bertz CT molecular complexity index is 2480. The molecular formula is C58H76N4O4. The molecule has 0 spiro atoms. The maximum atomic E-state index is 12.1. The molecule has 0 radical (unpaired) electrons. The first-order valence-corrected chi connectivity index (χ1v) is 24.3. The lowest BCUT2D eigenvalue weighted by molar-refractivity contribution is 0.0592. The Kier molecular flexibility index (Phi) is 13.9. The van der Waals surface area contributed by atoms with Crippen LogP contribution in [0.4, 0.5) is 0 Å². The monoisotopic (exact) mass is 893 g/mol. The maximum absolute atomic E-state index is 12.1. The number of rotatable bonds is 8. The van der Waals surface area contributed by atoms with E-state index in [-0.39, 0.29) is 22.8 Å². The van der Waals surface area contributed by atoms with E-state index in [2.05, 4.69) is 141 Å². The van der Waals surface area contributed by atoms with Crippen LogP contribution in [0.2, 0.25) is 0 Å². The van der Waals surface area contributed by atoms with Crippen molar-refractivity contribution in [3.8, 4) is 0 Å². The fraction of sp³-hybridized carbons (Fsp3) is 0.517. The van der Waals surface area contributed by atoms with Crippen LogP contribution in [0, 0.1) is 22.7 Å². The Morgan fingerprint density at radius 1 is 0.561 bits per heavy atom. The average molecular weight is 893 g/mol. The first kappa shape index (κ1) is 48.7. The summed E-state index contributed by atoms with van der Waals surface area (Å²) in [6.07, 6.45) is 8.65. The maximum Gasteiger partial charge on any atom is 0.337 e. The van der Waals surface area contributed by atoms with E-state index in [0.29, 0.717) is 45.9 Å². The molecule has 0 amide bonds. The van der Waals surface area contributed by atoms with E-state index >= 15 is 0 Å². The highest BCUT2D eigenvalue weighted by molar-refractivity contribution is 5.94. The number of methoxy groups -OCH3 is 2. The van der Waals surface area contributed by atoms with Crippen molar-refractivity contribution in [2.24, 2.45) is 22.7 Å². The van der Waals surface area contributed by atoms with Crippen LogP contribution < -0.4 is 0 Å². The predicted molar refractivity (Wildman–Crippen MR) is 270 cm³/mol. The van der Waals surface area contributed by atoms with Crippen LogP contribution in [0.3, 0.4) is 0 Å². The zero-order valence-electron chi connectivity index (χ0n) is 42.5. The number of fused-ring (bicyclic) bond motifs is 2. The number of imidazole rings is 2. The van der Waals surface area contributed by atoms with Gasteiger partial charge in [-0.1, -0.05) is 132 Å². The molecule has 8 nitrogen and oxygen atoms in total. The lowest BCUT2D eigenvalue weighted by Gasteiger charge is -2.40. The van der Waals surface area contributed by atoms with Crippen LogP contribution in [0.25, 0.3) is 22.1 Å². The number of aromatic nitrogens is 4. The Labute approximate surface area is 394 Å². The van der Waals surface area contributed by atoms with Gasteiger partial charge in [0.25, 0.3) is 0 Å². The number of nitrogens with zero attached hydrogens (tertiary/aromatic N) is 4. The van der Waals surface area contributed by atoms with Crippen molar-refractivity contribution in [2.75, 3.05) is 14.2 Å². The predicted octanol–water partition coefficient (Wildman–Crippen LogP) is 14.2. The minimum Gasteiger partial charge on any atom is -0.465 e. The molecule has 6 aromatic rings. The topological polar surface area (TPSA) is 88.2 Å². The summed E-state index contributed by atoms with van der Waals surface area (Å²) in [5.74, 6) is 2.85. The summed E-state index contributed by atoms with van der Waals surface area (Å²) >= 11 is 0. The van der Waals surface area contributed by atoms with Gasteiger partial charge in [-0.05, 0) is 131 Å². The van der Waals surface area contributed by atoms with Crippen LogP contribution in [-0.4, -0.2) is 45.3 Å². The van der Waals surface area contributed by atoms with Crippen molar-refractivity contribution >= 4 is 34.0 Å². The Balaban J connectivity index is 0.000000196. The van der Waals surface area contributed by atoms with E-state index in [1.165, 1.54) is 49.3 Å². The van der Waals surface area contributed by atoms with E-state index in [4.69, 9.17) is 19.4 Å². The van der Waals surface area contributed by atoms with Gasteiger partial charge in [0, 0.05) is 24.9 Å². The molecule has 352 valence electrons. The van der Waals surface area contributed by atoms with E-state index in [1.54, 1.807) is 0 Å². The van der Waals surface area contributed by atoms with Gasteiger partial charge in [0.05, 0.1) is 47.4 Å². The zero-order valence-corrected chi connectivity index (χ0v) is 42.5. The minimum absolute atomic E-state index is 0.139. The second kappa shape index (κ2) is 18.8. The van der Waals surface area contributed by atoms with Crippen molar-refractivity contribution in [2.45, 2.75) is 157 Å². The van der Waals surface area contributed by atoms with Crippen LogP contribution in [0.15, 0.2) is 84.9 Å². The number of carbonyl (C=O) groups is 2. The molecule has 0 bridgehead atoms. The van der Waals surface area contributed by atoms with Crippen LogP contribution in [-0.2, 0) is 33.1 Å². The van der Waals surface area contributed by atoms with Crippen LogP contribution >= 0.6 is 0 Å². The van der Waals surface area contributed by atoms with Crippen molar-refractivity contribution in [3.63, 3.8) is 0 Å². The fourth-order valence-corrected chi connectivity index (χ4v) is 11.4. The van der Waals surface area contributed by atoms with Crippen molar-refractivity contribution in [1.29, 1.82) is 0 Å². The highest BCUT2D eigenvalue weighted by atomic mass is 16.5. The first-order valence-electron chi connectivity index (χ1n) is 24.3. The van der Waals surface area contributed by atoms with Crippen molar-refractivity contribution in [1.82, 2.24) is 19.1 Å². The van der Waals surface area contributed by atoms with Gasteiger partial charge in [0.2, 0.25) is 0 Å². The first-order chi connectivity index (χ1) is 30.9. The molecule has 0 unspecified atom stereocenters. The summed E-state index contributed by atoms with van der Waals surface area (Å²) in [6, 6.07) is 30.3. The molecule has 2 aromatic heterocycles. The minimum atomic E-state index is -0.321. The third-order valence-electron chi connectivity index (χ3n) is 14.2. The molecule has 0 N–H and O–H groups in total. The number of hydrogen-bond acceptors (Lipinski definition) is 6. The second-order valence-electron chi connectivity index (χ2n) is 23.6. The molecule has 2 saturated carbocycles. The molecule has 4 aromatic carbocycles. The van der Waals surface area contributed by atoms with Gasteiger partial charge in [-0.2, -0.15) is 0 Å². The number of esters is 2. The van der Waals surface area contributed by atoms with E-state index in [9.17, 15) is 9.59 Å². The third-order valence-corrected chi connectivity index (χ3v) is 14.2. The van der Waals surface area contributed by atoms with Crippen molar-refractivity contribution in [3.05, 3.63) is 130 Å². The quantitative estimate of drug-likeness (QED) is 0.141. The van der Waals surface area contributed by atoms with Gasteiger partial charge in [0.15, 0.2) is 0 Å². The van der Waals surface area contributed by atoms with E-state index < -0.39 is 0 Å². The second-order valence-corrected chi connectivity index (χ2v) is 23.6. The zero-order chi connectivity index (χ0) is 47.9. The average Bonchev–Trinajstić information content (AvgIpc) is 3.78. The van der Waals surface area contributed by atoms with Gasteiger partial charge >= 0.3 is 11.9 Å². The van der Waals surface area contributed by atoms with Crippen LogP contribution in [0.1, 0.15) is 188 Å². The molecule has 4 atom stereocenters.